The second kappa shape index (κ2) is 8.39. The van der Waals surface area contributed by atoms with Crippen LogP contribution in [-0.2, 0) is 9.59 Å². The molecule has 0 aromatic rings. The summed E-state index contributed by atoms with van der Waals surface area (Å²) >= 11 is 0. The third-order valence-corrected chi connectivity index (χ3v) is 3.57. The van der Waals surface area contributed by atoms with E-state index in [4.69, 9.17) is 0 Å². The summed E-state index contributed by atoms with van der Waals surface area (Å²) in [7, 11) is 1.53. The summed E-state index contributed by atoms with van der Waals surface area (Å²) < 4.78 is 0. The van der Waals surface area contributed by atoms with Gasteiger partial charge < -0.3 is 21.1 Å². The molecule has 2 atom stereocenters. The minimum absolute atomic E-state index is 0.150. The maximum atomic E-state index is 11.7. The van der Waals surface area contributed by atoms with Gasteiger partial charge in [-0.2, -0.15) is 0 Å². The molecule has 2 unspecified atom stereocenters. The fourth-order valence-electron chi connectivity index (χ4n) is 2.41. The van der Waals surface area contributed by atoms with Crippen molar-refractivity contribution in [3.63, 3.8) is 0 Å². The Morgan fingerprint density at radius 3 is 2.50 bits per heavy atom. The van der Waals surface area contributed by atoms with E-state index in [2.05, 4.69) is 16.0 Å². The number of carbonyl (C=O) groups is 3. The average Bonchev–Trinajstić information content (AvgIpc) is 2.63. The normalized spacial score (nSPS) is 22.4. The number of hydrogen-bond donors (Lipinski definition) is 4. The molecule has 1 aliphatic rings. The number of urea groups is 1. The molecule has 1 fully saturated rings. The van der Waals surface area contributed by atoms with Gasteiger partial charge in [0.05, 0.1) is 5.92 Å². The molecule has 0 aliphatic heterocycles. The highest BCUT2D eigenvalue weighted by Crippen LogP contribution is 2.23. The van der Waals surface area contributed by atoms with Gasteiger partial charge in [-0.1, -0.05) is 19.3 Å². The summed E-state index contributed by atoms with van der Waals surface area (Å²) in [5, 5.41) is 17.0. The van der Waals surface area contributed by atoms with Gasteiger partial charge >= 0.3 is 12.0 Å². The molecule has 0 aromatic carbocycles. The van der Waals surface area contributed by atoms with Crippen molar-refractivity contribution in [2.45, 2.75) is 44.6 Å². The lowest BCUT2D eigenvalue weighted by atomic mass is 9.95. The Morgan fingerprint density at radius 1 is 1.15 bits per heavy atom. The number of carboxylic acids is 1. The van der Waals surface area contributed by atoms with Gasteiger partial charge in [-0.15, -0.1) is 0 Å². The third kappa shape index (κ3) is 5.46. The molecule has 1 rings (SSSR count). The topological polar surface area (TPSA) is 108 Å². The summed E-state index contributed by atoms with van der Waals surface area (Å²) in [6.07, 6.45) is 4.29. The minimum Gasteiger partial charge on any atom is -0.481 e. The summed E-state index contributed by atoms with van der Waals surface area (Å²) in [6.45, 7) is 0.232. The van der Waals surface area contributed by atoms with Gasteiger partial charge in [0.2, 0.25) is 5.91 Å². The largest absolute Gasteiger partial charge is 0.481 e. The molecule has 3 amide bonds. The van der Waals surface area contributed by atoms with Crippen LogP contribution in [0.5, 0.6) is 0 Å². The fraction of sp³-hybridized carbons (Fsp3) is 0.769. The molecule has 0 spiro atoms. The van der Waals surface area contributed by atoms with Gasteiger partial charge in [0, 0.05) is 26.1 Å². The second-order valence-electron chi connectivity index (χ2n) is 5.01. The zero-order valence-electron chi connectivity index (χ0n) is 11.8. The zero-order valence-corrected chi connectivity index (χ0v) is 11.8. The van der Waals surface area contributed by atoms with E-state index >= 15 is 0 Å². The van der Waals surface area contributed by atoms with E-state index in [0.29, 0.717) is 12.8 Å². The molecule has 0 bridgehead atoms. The first-order chi connectivity index (χ1) is 9.54. The quantitative estimate of drug-likeness (QED) is 0.550. The number of aliphatic carboxylic acids is 1. The number of hydrogen-bond acceptors (Lipinski definition) is 3. The molecule has 4 N–H and O–H groups in total. The number of carbonyl (C=O) groups excluding carboxylic acids is 2. The first kappa shape index (κ1) is 16.3. The SMILES string of the molecule is CNC(=O)CCNC(=O)NC1CCCCCC1C(=O)O. The zero-order chi connectivity index (χ0) is 15.0. The van der Waals surface area contributed by atoms with Crippen molar-refractivity contribution in [1.29, 1.82) is 0 Å². The Kier molecular flexibility index (Phi) is 6.83. The molecule has 7 heteroatoms. The number of amides is 3. The number of carboxylic acid groups (broad SMARTS) is 1. The maximum absolute atomic E-state index is 11.7. The van der Waals surface area contributed by atoms with Crippen LogP contribution in [0.3, 0.4) is 0 Å². The highest BCUT2D eigenvalue weighted by Gasteiger charge is 2.30. The molecule has 1 aliphatic carbocycles. The number of nitrogens with one attached hydrogen (secondary N) is 3. The van der Waals surface area contributed by atoms with E-state index in [0.717, 1.165) is 19.3 Å². The van der Waals surface area contributed by atoms with Gasteiger partial charge in [-0.05, 0) is 12.8 Å². The van der Waals surface area contributed by atoms with Crippen LogP contribution >= 0.6 is 0 Å². The Bertz CT molecular complexity index is 360. The van der Waals surface area contributed by atoms with Crippen molar-refractivity contribution in [3.8, 4) is 0 Å². The highest BCUT2D eigenvalue weighted by atomic mass is 16.4. The van der Waals surface area contributed by atoms with Gasteiger partial charge in [0.15, 0.2) is 0 Å². The van der Waals surface area contributed by atoms with Crippen LogP contribution in [0.25, 0.3) is 0 Å². The maximum Gasteiger partial charge on any atom is 0.315 e. The minimum atomic E-state index is -0.859. The summed E-state index contributed by atoms with van der Waals surface area (Å²) in [6, 6.07) is -0.748. The standard InChI is InChI=1S/C13H23N3O4/c1-14-11(17)7-8-15-13(20)16-10-6-4-2-3-5-9(10)12(18)19/h9-10H,2-8H2,1H3,(H,14,17)(H,18,19)(H2,15,16,20). The van der Waals surface area contributed by atoms with Crippen LogP contribution in [0.15, 0.2) is 0 Å². The Morgan fingerprint density at radius 2 is 1.85 bits per heavy atom. The Hall–Kier alpha value is -1.79. The van der Waals surface area contributed by atoms with E-state index in [1.165, 1.54) is 7.05 Å². The summed E-state index contributed by atoms with van der Waals surface area (Å²) in [5.74, 6) is -1.53. The van der Waals surface area contributed by atoms with Crippen LogP contribution < -0.4 is 16.0 Å². The van der Waals surface area contributed by atoms with Crippen molar-refractivity contribution in [1.82, 2.24) is 16.0 Å². The first-order valence-corrected chi connectivity index (χ1v) is 7.02. The molecule has 7 nitrogen and oxygen atoms in total. The number of rotatable bonds is 5. The lowest BCUT2D eigenvalue weighted by Gasteiger charge is -2.23. The monoisotopic (exact) mass is 285 g/mol. The molecule has 20 heavy (non-hydrogen) atoms. The van der Waals surface area contributed by atoms with Crippen LogP contribution in [0.1, 0.15) is 38.5 Å². The van der Waals surface area contributed by atoms with Crippen LogP contribution in [0.2, 0.25) is 0 Å². The smallest absolute Gasteiger partial charge is 0.315 e. The summed E-state index contributed by atoms with van der Waals surface area (Å²) in [4.78, 5) is 33.9. The lowest BCUT2D eigenvalue weighted by Crippen LogP contribution is -2.47. The van der Waals surface area contributed by atoms with E-state index in [1.54, 1.807) is 0 Å². The third-order valence-electron chi connectivity index (χ3n) is 3.57. The first-order valence-electron chi connectivity index (χ1n) is 7.02. The molecule has 114 valence electrons. The molecular weight excluding hydrogens is 262 g/mol. The van der Waals surface area contributed by atoms with Crippen LogP contribution in [0.4, 0.5) is 4.79 Å². The molecule has 0 saturated heterocycles. The van der Waals surface area contributed by atoms with E-state index in [-0.39, 0.29) is 24.9 Å². The summed E-state index contributed by atoms with van der Waals surface area (Å²) in [5.41, 5.74) is 0. The average molecular weight is 285 g/mol. The van der Waals surface area contributed by atoms with E-state index < -0.39 is 17.9 Å². The van der Waals surface area contributed by atoms with Crippen molar-refractivity contribution < 1.29 is 19.5 Å². The predicted octanol–water partition coefficient (Wildman–Crippen LogP) is 0.455. The van der Waals surface area contributed by atoms with Crippen molar-refractivity contribution in [3.05, 3.63) is 0 Å². The van der Waals surface area contributed by atoms with Gasteiger partial charge in [-0.25, -0.2) is 4.79 Å². The molecule has 1 saturated carbocycles. The molecule has 0 heterocycles. The molecular formula is C13H23N3O4. The Labute approximate surface area is 118 Å². The van der Waals surface area contributed by atoms with Crippen molar-refractivity contribution in [2.75, 3.05) is 13.6 Å². The highest BCUT2D eigenvalue weighted by molar-refractivity contribution is 5.78. The van der Waals surface area contributed by atoms with E-state index in [1.807, 2.05) is 0 Å². The predicted molar refractivity (Wildman–Crippen MR) is 73.2 cm³/mol. The molecule has 0 aromatic heterocycles. The van der Waals surface area contributed by atoms with Crippen LogP contribution in [0, 0.1) is 5.92 Å². The van der Waals surface area contributed by atoms with Crippen LogP contribution in [-0.4, -0.2) is 42.6 Å². The van der Waals surface area contributed by atoms with Crippen molar-refractivity contribution in [2.24, 2.45) is 5.92 Å². The van der Waals surface area contributed by atoms with Crippen molar-refractivity contribution >= 4 is 17.9 Å². The lowest BCUT2D eigenvalue weighted by molar-refractivity contribution is -0.142. The van der Waals surface area contributed by atoms with E-state index in [9.17, 15) is 19.5 Å². The molecule has 0 radical (unpaired) electrons. The second-order valence-corrected chi connectivity index (χ2v) is 5.01. The fourth-order valence-corrected chi connectivity index (χ4v) is 2.41. The van der Waals surface area contributed by atoms with Gasteiger partial charge in [-0.3, -0.25) is 9.59 Å². The Balaban J connectivity index is 2.41. The van der Waals surface area contributed by atoms with Gasteiger partial charge in [0.1, 0.15) is 0 Å². The van der Waals surface area contributed by atoms with Gasteiger partial charge in [0.25, 0.3) is 0 Å².